The van der Waals surface area contributed by atoms with E-state index in [0.717, 1.165) is 12.1 Å². The number of primary amides is 1. The van der Waals surface area contributed by atoms with Crippen LogP contribution >= 0.6 is 0 Å². The van der Waals surface area contributed by atoms with Gasteiger partial charge in [0.1, 0.15) is 5.69 Å². The minimum absolute atomic E-state index is 0.210. The van der Waals surface area contributed by atoms with Gasteiger partial charge in [-0.15, -0.1) is 0 Å². The fraction of sp³-hybridized carbons (Fsp3) is 0.286. The topological polar surface area (TPSA) is 68.9 Å². The fourth-order valence-corrected chi connectivity index (χ4v) is 0.665. The Kier molecular flexibility index (Phi) is 2.15. The number of nitrogens with two attached hydrogens (primary N) is 1. The summed E-state index contributed by atoms with van der Waals surface area (Å²) in [6.45, 7) is 1.97. The first-order valence-corrected chi connectivity index (χ1v) is 3.34. The molecule has 0 atom stereocenters. The summed E-state index contributed by atoms with van der Waals surface area (Å²) in [7, 11) is 0. The molecule has 1 heterocycles. The molecule has 4 heteroatoms. The van der Waals surface area contributed by atoms with Gasteiger partial charge >= 0.3 is 0 Å². The van der Waals surface area contributed by atoms with E-state index in [2.05, 4.69) is 9.97 Å². The van der Waals surface area contributed by atoms with Crippen LogP contribution in [0.4, 0.5) is 0 Å². The molecule has 1 aromatic heterocycles. The molecule has 0 saturated carbocycles. The van der Waals surface area contributed by atoms with Crippen LogP contribution in [-0.4, -0.2) is 15.9 Å². The third kappa shape index (κ3) is 1.73. The second-order valence-electron chi connectivity index (χ2n) is 2.11. The predicted molar refractivity (Wildman–Crippen MR) is 39.9 cm³/mol. The second kappa shape index (κ2) is 3.09. The summed E-state index contributed by atoms with van der Waals surface area (Å²) in [6, 6.07) is 0. The second-order valence-corrected chi connectivity index (χ2v) is 2.11. The van der Waals surface area contributed by atoms with Crippen molar-refractivity contribution < 1.29 is 4.79 Å². The molecule has 0 unspecified atom stereocenters. The van der Waals surface area contributed by atoms with Gasteiger partial charge in [-0.3, -0.25) is 9.78 Å². The maximum Gasteiger partial charge on any atom is 0.268 e. The van der Waals surface area contributed by atoms with Gasteiger partial charge in [0.25, 0.3) is 5.91 Å². The molecular weight excluding hydrogens is 142 g/mol. The van der Waals surface area contributed by atoms with Gasteiger partial charge in [0, 0.05) is 6.20 Å². The Bertz CT molecular complexity index is 255. The van der Waals surface area contributed by atoms with E-state index in [1.54, 1.807) is 6.20 Å². The van der Waals surface area contributed by atoms with Gasteiger partial charge in [-0.1, -0.05) is 6.92 Å². The molecule has 4 nitrogen and oxygen atoms in total. The minimum Gasteiger partial charge on any atom is -0.364 e. The van der Waals surface area contributed by atoms with Crippen LogP contribution in [0.25, 0.3) is 0 Å². The highest BCUT2D eigenvalue weighted by molar-refractivity contribution is 5.90. The Balaban J connectivity index is 2.91. The summed E-state index contributed by atoms with van der Waals surface area (Å²) < 4.78 is 0. The van der Waals surface area contributed by atoms with Gasteiger partial charge in [-0.2, -0.15) is 0 Å². The molecule has 0 aliphatic heterocycles. The Morgan fingerprint density at radius 2 is 2.27 bits per heavy atom. The van der Waals surface area contributed by atoms with E-state index in [0.29, 0.717) is 0 Å². The van der Waals surface area contributed by atoms with Gasteiger partial charge in [0.05, 0.1) is 11.9 Å². The van der Waals surface area contributed by atoms with Gasteiger partial charge in [0.2, 0.25) is 0 Å². The molecule has 0 aromatic carbocycles. The van der Waals surface area contributed by atoms with Crippen molar-refractivity contribution in [3.05, 3.63) is 23.8 Å². The first-order chi connectivity index (χ1) is 5.24. The monoisotopic (exact) mass is 151 g/mol. The van der Waals surface area contributed by atoms with Crippen LogP contribution < -0.4 is 5.73 Å². The van der Waals surface area contributed by atoms with Gasteiger partial charge in [-0.25, -0.2) is 4.98 Å². The lowest BCUT2D eigenvalue weighted by Gasteiger charge is -1.95. The summed E-state index contributed by atoms with van der Waals surface area (Å²) in [6.07, 6.45) is 3.76. The van der Waals surface area contributed by atoms with Crippen molar-refractivity contribution >= 4 is 5.91 Å². The first kappa shape index (κ1) is 7.65. The van der Waals surface area contributed by atoms with Gasteiger partial charge in [0.15, 0.2) is 0 Å². The smallest absolute Gasteiger partial charge is 0.268 e. The van der Waals surface area contributed by atoms with Crippen molar-refractivity contribution in [2.45, 2.75) is 13.3 Å². The van der Waals surface area contributed by atoms with Crippen LogP contribution in [0, 0.1) is 0 Å². The van der Waals surface area contributed by atoms with Crippen LogP contribution in [0.1, 0.15) is 23.1 Å². The lowest BCUT2D eigenvalue weighted by Crippen LogP contribution is -2.13. The van der Waals surface area contributed by atoms with Crippen molar-refractivity contribution in [2.75, 3.05) is 0 Å². The van der Waals surface area contributed by atoms with Crippen molar-refractivity contribution in [2.24, 2.45) is 5.73 Å². The number of hydrogen-bond donors (Lipinski definition) is 1. The number of amides is 1. The lowest BCUT2D eigenvalue weighted by atomic mass is 10.3. The summed E-state index contributed by atoms with van der Waals surface area (Å²) in [5, 5.41) is 0. The van der Waals surface area contributed by atoms with E-state index in [1.807, 2.05) is 6.92 Å². The summed E-state index contributed by atoms with van der Waals surface area (Å²) in [5.41, 5.74) is 6.03. The van der Waals surface area contributed by atoms with Crippen molar-refractivity contribution in [3.8, 4) is 0 Å². The van der Waals surface area contributed by atoms with Crippen molar-refractivity contribution in [1.82, 2.24) is 9.97 Å². The number of carbonyl (C=O) groups is 1. The van der Waals surface area contributed by atoms with Crippen molar-refractivity contribution in [1.29, 1.82) is 0 Å². The first-order valence-electron chi connectivity index (χ1n) is 3.34. The Labute approximate surface area is 64.5 Å². The summed E-state index contributed by atoms with van der Waals surface area (Å²) >= 11 is 0. The maximum atomic E-state index is 10.5. The molecule has 1 rings (SSSR count). The zero-order chi connectivity index (χ0) is 8.27. The third-order valence-corrected chi connectivity index (χ3v) is 1.32. The molecule has 2 N–H and O–H groups in total. The molecular formula is C7H9N3O. The number of rotatable bonds is 2. The third-order valence-electron chi connectivity index (χ3n) is 1.32. The molecule has 11 heavy (non-hydrogen) atoms. The average molecular weight is 151 g/mol. The van der Waals surface area contributed by atoms with Crippen LogP contribution in [0.5, 0.6) is 0 Å². The van der Waals surface area contributed by atoms with E-state index in [4.69, 9.17) is 5.73 Å². The molecule has 0 aliphatic rings. The predicted octanol–water partition coefficient (Wildman–Crippen LogP) is 0.138. The quantitative estimate of drug-likeness (QED) is 0.653. The molecule has 0 saturated heterocycles. The summed E-state index contributed by atoms with van der Waals surface area (Å²) in [4.78, 5) is 18.3. The van der Waals surface area contributed by atoms with Crippen LogP contribution in [0.15, 0.2) is 12.4 Å². The molecule has 0 spiro atoms. The van der Waals surface area contributed by atoms with Crippen LogP contribution in [0.3, 0.4) is 0 Å². The lowest BCUT2D eigenvalue weighted by molar-refractivity contribution is 0.0995. The van der Waals surface area contributed by atoms with E-state index in [1.165, 1.54) is 6.20 Å². The van der Waals surface area contributed by atoms with E-state index < -0.39 is 5.91 Å². The standard InChI is InChI=1S/C7H9N3O/c1-2-5-3-10-6(4-9-5)7(8)11/h3-4H,2H2,1H3,(H2,8,11). The molecule has 1 aromatic rings. The average Bonchev–Trinajstić information content (AvgIpc) is 2.05. The minimum atomic E-state index is -0.542. The number of aryl methyl sites for hydroxylation is 1. The van der Waals surface area contributed by atoms with Crippen LogP contribution in [-0.2, 0) is 6.42 Å². The Morgan fingerprint density at radius 1 is 1.55 bits per heavy atom. The molecule has 1 amide bonds. The highest BCUT2D eigenvalue weighted by atomic mass is 16.1. The Hall–Kier alpha value is -1.45. The fourth-order valence-electron chi connectivity index (χ4n) is 0.665. The SMILES string of the molecule is CCc1cnc(C(N)=O)cn1. The molecule has 0 bridgehead atoms. The van der Waals surface area contributed by atoms with E-state index in [9.17, 15) is 4.79 Å². The number of carbonyl (C=O) groups excluding carboxylic acids is 1. The molecule has 0 radical (unpaired) electrons. The highest BCUT2D eigenvalue weighted by Crippen LogP contribution is 1.94. The number of hydrogen-bond acceptors (Lipinski definition) is 3. The number of aromatic nitrogens is 2. The van der Waals surface area contributed by atoms with E-state index >= 15 is 0 Å². The Morgan fingerprint density at radius 3 is 2.64 bits per heavy atom. The maximum absolute atomic E-state index is 10.5. The normalized spacial score (nSPS) is 9.55. The highest BCUT2D eigenvalue weighted by Gasteiger charge is 2.00. The zero-order valence-corrected chi connectivity index (χ0v) is 6.24. The largest absolute Gasteiger partial charge is 0.364 e. The zero-order valence-electron chi connectivity index (χ0n) is 6.24. The van der Waals surface area contributed by atoms with E-state index in [-0.39, 0.29) is 5.69 Å². The summed E-state index contributed by atoms with van der Waals surface area (Å²) in [5.74, 6) is -0.542. The van der Waals surface area contributed by atoms with Gasteiger partial charge in [-0.05, 0) is 6.42 Å². The van der Waals surface area contributed by atoms with Crippen LogP contribution in [0.2, 0.25) is 0 Å². The molecule has 58 valence electrons. The molecule has 0 aliphatic carbocycles. The van der Waals surface area contributed by atoms with Crippen molar-refractivity contribution in [3.63, 3.8) is 0 Å². The van der Waals surface area contributed by atoms with Gasteiger partial charge < -0.3 is 5.73 Å². The number of nitrogens with zero attached hydrogens (tertiary/aromatic N) is 2. The molecule has 0 fully saturated rings.